The number of rotatable bonds is 13. The predicted octanol–water partition coefficient (Wildman–Crippen LogP) is 21.5. The van der Waals surface area contributed by atoms with Crippen LogP contribution in [-0.2, 0) is 0 Å². The highest BCUT2D eigenvalue weighted by Crippen LogP contribution is 2.54. The Morgan fingerprint density at radius 2 is 0.310 bits per heavy atom. The summed E-state index contributed by atoms with van der Waals surface area (Å²) in [5.41, 5.74) is 24.8. The Hall–Kier alpha value is -11.1. The molecule has 0 saturated heterocycles. The molecule has 14 aromatic rings. The highest BCUT2D eigenvalue weighted by Gasteiger charge is 2.28. The molecule has 1 heterocycles. The number of hydrogen-bond acceptors (Lipinski definition) is 3. The second-order valence-corrected chi connectivity index (χ2v) is 21.0. The van der Waals surface area contributed by atoms with Crippen LogP contribution < -0.4 is 0 Å². The molecule has 0 amide bonds. The van der Waals surface area contributed by atoms with Gasteiger partial charge in [-0.25, -0.2) is 15.0 Å². The van der Waals surface area contributed by atoms with Gasteiger partial charge in [-0.15, -0.1) is 0 Å². The quantitative estimate of drug-likeness (QED) is 0.115. The van der Waals surface area contributed by atoms with E-state index in [-0.39, 0.29) is 0 Å². The maximum absolute atomic E-state index is 5.48. The van der Waals surface area contributed by atoms with E-state index in [0.717, 1.165) is 128 Å². The van der Waals surface area contributed by atoms with Gasteiger partial charge in [-0.1, -0.05) is 303 Å². The lowest BCUT2D eigenvalue weighted by atomic mass is 9.77. The van der Waals surface area contributed by atoms with Crippen molar-refractivity contribution in [2.24, 2.45) is 0 Å². The smallest absolute Gasteiger partial charge is 0.164 e. The second kappa shape index (κ2) is 23.2. The van der Waals surface area contributed by atoms with Crippen LogP contribution in [0.4, 0.5) is 0 Å². The molecular formula is C81H55N3. The molecule has 0 fully saturated rings. The monoisotopic (exact) mass is 1070 g/mol. The van der Waals surface area contributed by atoms with Crippen molar-refractivity contribution < 1.29 is 0 Å². The number of nitrogens with zero attached hydrogens (tertiary/aromatic N) is 3. The standard InChI is InChI=1S/C81H55N3/c1-11-31-56(32-12-1)69-54-71(75(60-39-19-5-20-40-60)77(62-43-23-7-24-44-62)73(69)58-35-15-3-16-36-58)66-51-67(53-68(52-66)81-83-79(64-47-27-9-28-48-64)82-80(84-81)65-49-29-10-30-50-65)72-55-70(57-33-13-2-14-34-57)74(59-37-17-4-18-38-59)78(63-45-25-8-26-46-63)76(72)61-41-21-6-22-42-61/h1-55H. The van der Waals surface area contributed by atoms with Gasteiger partial charge in [0.1, 0.15) is 0 Å². The lowest BCUT2D eigenvalue weighted by Crippen LogP contribution is -2.02. The van der Waals surface area contributed by atoms with Crippen LogP contribution in [0, 0.1) is 0 Å². The molecule has 0 radical (unpaired) electrons. The zero-order valence-electron chi connectivity index (χ0n) is 46.1. The Morgan fingerprint density at radius 1 is 0.131 bits per heavy atom. The lowest BCUT2D eigenvalue weighted by molar-refractivity contribution is 1.07. The highest BCUT2D eigenvalue weighted by atomic mass is 15.0. The molecular weight excluding hydrogens is 1010 g/mol. The number of hydrogen-bond donors (Lipinski definition) is 0. The maximum atomic E-state index is 5.48. The van der Waals surface area contributed by atoms with Crippen LogP contribution in [0.5, 0.6) is 0 Å². The van der Waals surface area contributed by atoms with Crippen molar-refractivity contribution in [1.82, 2.24) is 15.0 Å². The summed E-state index contributed by atoms with van der Waals surface area (Å²) in [6, 6.07) is 120. The van der Waals surface area contributed by atoms with E-state index >= 15 is 0 Å². The highest BCUT2D eigenvalue weighted by molar-refractivity contribution is 6.10. The molecule has 0 aliphatic rings. The van der Waals surface area contributed by atoms with Crippen LogP contribution in [-0.4, -0.2) is 15.0 Å². The SMILES string of the molecule is c1ccc(-c2nc(-c3ccccc3)nc(-c3cc(-c4cc(-c5ccccc5)c(-c5ccccc5)c(-c5ccccc5)c4-c4ccccc4)cc(-c4cc(-c5ccccc5)c(-c5ccccc5)c(-c5ccccc5)c4-c4ccccc4)c3)n2)cc1. The molecule has 0 saturated carbocycles. The van der Waals surface area contributed by atoms with Crippen LogP contribution in [0.25, 0.3) is 145 Å². The summed E-state index contributed by atoms with van der Waals surface area (Å²) in [5, 5.41) is 0. The Morgan fingerprint density at radius 3 is 0.560 bits per heavy atom. The van der Waals surface area contributed by atoms with E-state index in [9.17, 15) is 0 Å². The number of benzene rings is 13. The third kappa shape index (κ3) is 10.1. The Labute approximate surface area is 491 Å². The Kier molecular flexibility index (Phi) is 14.1. The van der Waals surface area contributed by atoms with Gasteiger partial charge in [0.2, 0.25) is 0 Å². The largest absolute Gasteiger partial charge is 0.208 e. The van der Waals surface area contributed by atoms with Crippen LogP contribution in [0.1, 0.15) is 0 Å². The minimum Gasteiger partial charge on any atom is -0.208 e. The fourth-order valence-electron chi connectivity index (χ4n) is 11.9. The van der Waals surface area contributed by atoms with Gasteiger partial charge in [-0.05, 0) is 142 Å². The Bertz CT molecular complexity index is 4270. The summed E-state index contributed by atoms with van der Waals surface area (Å²) in [4.78, 5) is 16.2. The molecule has 394 valence electrons. The van der Waals surface area contributed by atoms with E-state index in [2.05, 4.69) is 297 Å². The first-order valence-electron chi connectivity index (χ1n) is 28.6. The van der Waals surface area contributed by atoms with Crippen LogP contribution >= 0.6 is 0 Å². The van der Waals surface area contributed by atoms with E-state index in [1.165, 1.54) is 0 Å². The molecule has 1 aromatic heterocycles. The molecule has 14 rings (SSSR count). The first-order chi connectivity index (χ1) is 41.7. The van der Waals surface area contributed by atoms with Gasteiger partial charge in [0.05, 0.1) is 0 Å². The predicted molar refractivity (Wildman–Crippen MR) is 350 cm³/mol. The summed E-state index contributed by atoms with van der Waals surface area (Å²) in [6.45, 7) is 0. The molecule has 0 N–H and O–H groups in total. The van der Waals surface area contributed by atoms with Crippen molar-refractivity contribution in [3.63, 3.8) is 0 Å². The van der Waals surface area contributed by atoms with Gasteiger partial charge in [0.25, 0.3) is 0 Å². The average Bonchev–Trinajstić information content (AvgIpc) is 1.47. The summed E-state index contributed by atoms with van der Waals surface area (Å²) in [6.07, 6.45) is 0. The fourth-order valence-corrected chi connectivity index (χ4v) is 11.9. The molecule has 0 aliphatic carbocycles. The van der Waals surface area contributed by atoms with Gasteiger partial charge >= 0.3 is 0 Å². The molecule has 3 nitrogen and oxygen atoms in total. The third-order valence-corrected chi connectivity index (χ3v) is 15.7. The van der Waals surface area contributed by atoms with Gasteiger partial charge in [0, 0.05) is 16.7 Å². The molecule has 0 aliphatic heterocycles. The van der Waals surface area contributed by atoms with Crippen molar-refractivity contribution >= 4 is 0 Å². The third-order valence-electron chi connectivity index (χ3n) is 15.7. The fraction of sp³-hybridized carbons (Fsp3) is 0. The minimum atomic E-state index is 0.563. The summed E-state index contributed by atoms with van der Waals surface area (Å²) in [7, 11) is 0. The summed E-state index contributed by atoms with van der Waals surface area (Å²) in [5.74, 6) is 1.75. The second-order valence-electron chi connectivity index (χ2n) is 21.0. The van der Waals surface area contributed by atoms with Gasteiger partial charge in [-0.3, -0.25) is 0 Å². The molecule has 0 spiro atoms. The van der Waals surface area contributed by atoms with E-state index < -0.39 is 0 Å². The molecule has 0 bridgehead atoms. The lowest BCUT2D eigenvalue weighted by Gasteiger charge is -2.26. The minimum absolute atomic E-state index is 0.563. The molecule has 13 aromatic carbocycles. The van der Waals surface area contributed by atoms with Crippen molar-refractivity contribution in [2.75, 3.05) is 0 Å². The topological polar surface area (TPSA) is 38.7 Å². The van der Waals surface area contributed by atoms with E-state index in [0.29, 0.717) is 17.5 Å². The van der Waals surface area contributed by atoms with Crippen molar-refractivity contribution in [3.05, 3.63) is 334 Å². The molecule has 84 heavy (non-hydrogen) atoms. The zero-order chi connectivity index (χ0) is 56.0. The van der Waals surface area contributed by atoms with Crippen molar-refractivity contribution in [2.45, 2.75) is 0 Å². The molecule has 0 atom stereocenters. The maximum Gasteiger partial charge on any atom is 0.164 e. The zero-order valence-corrected chi connectivity index (χ0v) is 46.1. The van der Waals surface area contributed by atoms with E-state index in [4.69, 9.17) is 15.0 Å². The molecule has 0 unspecified atom stereocenters. The van der Waals surface area contributed by atoms with Crippen molar-refractivity contribution in [1.29, 1.82) is 0 Å². The van der Waals surface area contributed by atoms with Crippen LogP contribution in [0.2, 0.25) is 0 Å². The van der Waals surface area contributed by atoms with Crippen LogP contribution in [0.15, 0.2) is 334 Å². The van der Waals surface area contributed by atoms with Gasteiger partial charge < -0.3 is 0 Å². The summed E-state index contributed by atoms with van der Waals surface area (Å²) < 4.78 is 0. The van der Waals surface area contributed by atoms with Gasteiger partial charge in [0.15, 0.2) is 17.5 Å². The number of aromatic nitrogens is 3. The average molecular weight is 1070 g/mol. The van der Waals surface area contributed by atoms with Crippen molar-refractivity contribution in [3.8, 4) is 145 Å². The summed E-state index contributed by atoms with van der Waals surface area (Å²) >= 11 is 0. The van der Waals surface area contributed by atoms with Gasteiger partial charge in [-0.2, -0.15) is 0 Å². The molecule has 3 heteroatoms. The van der Waals surface area contributed by atoms with Crippen LogP contribution in [0.3, 0.4) is 0 Å². The normalized spacial score (nSPS) is 11.1. The first-order valence-corrected chi connectivity index (χ1v) is 28.6. The Balaban J connectivity index is 1.18. The van der Waals surface area contributed by atoms with E-state index in [1.54, 1.807) is 0 Å². The first kappa shape index (κ1) is 51.0. The van der Waals surface area contributed by atoms with E-state index in [1.807, 2.05) is 36.4 Å².